The lowest BCUT2D eigenvalue weighted by atomic mass is 9.89. The van der Waals surface area contributed by atoms with Gasteiger partial charge in [-0.15, -0.1) is 0 Å². The second-order valence-corrected chi connectivity index (χ2v) is 6.24. The molecule has 2 atom stereocenters. The molecule has 2 fully saturated rings. The molecule has 110 valence electrons. The van der Waals surface area contributed by atoms with Gasteiger partial charge in [-0.2, -0.15) is 0 Å². The highest BCUT2D eigenvalue weighted by Crippen LogP contribution is 2.28. The van der Waals surface area contributed by atoms with Gasteiger partial charge < -0.3 is 15.0 Å². The normalized spacial score (nSPS) is 27.4. The summed E-state index contributed by atoms with van der Waals surface area (Å²) in [6.07, 6.45) is 5.51. The van der Waals surface area contributed by atoms with E-state index in [2.05, 4.69) is 41.4 Å². The van der Waals surface area contributed by atoms with E-state index in [0.29, 0.717) is 6.10 Å². The Bertz CT molecular complexity index is 412. The van der Waals surface area contributed by atoms with Crippen molar-refractivity contribution in [2.24, 2.45) is 5.92 Å². The van der Waals surface area contributed by atoms with Crippen molar-refractivity contribution in [2.75, 3.05) is 31.1 Å². The van der Waals surface area contributed by atoms with E-state index in [0.717, 1.165) is 37.8 Å². The fraction of sp³-hybridized carbons (Fsp3) is 0.647. The lowest BCUT2D eigenvalue weighted by Gasteiger charge is -2.30. The Labute approximate surface area is 122 Å². The second-order valence-electron chi connectivity index (χ2n) is 6.24. The molecule has 1 aromatic rings. The molecule has 0 aromatic heterocycles. The van der Waals surface area contributed by atoms with Crippen LogP contribution in [-0.2, 0) is 0 Å². The largest absolute Gasteiger partial charge is 0.490 e. The molecule has 0 amide bonds. The predicted octanol–water partition coefficient (Wildman–Crippen LogP) is 3.05. The molecule has 2 unspecified atom stereocenters. The van der Waals surface area contributed by atoms with Crippen LogP contribution in [0.2, 0.25) is 0 Å². The maximum atomic E-state index is 6.14. The van der Waals surface area contributed by atoms with Crippen molar-refractivity contribution in [1.82, 2.24) is 5.32 Å². The van der Waals surface area contributed by atoms with Crippen LogP contribution in [-0.4, -0.2) is 32.3 Å². The number of nitrogens with zero attached hydrogens (tertiary/aromatic N) is 1. The first kappa shape index (κ1) is 13.7. The highest BCUT2D eigenvalue weighted by atomic mass is 16.5. The van der Waals surface area contributed by atoms with E-state index < -0.39 is 0 Å². The van der Waals surface area contributed by atoms with Crippen LogP contribution in [0.15, 0.2) is 24.3 Å². The van der Waals surface area contributed by atoms with Crippen molar-refractivity contribution in [1.29, 1.82) is 0 Å². The molecule has 1 saturated carbocycles. The molecule has 3 nitrogen and oxygen atoms in total. The Morgan fingerprint density at radius 1 is 1.10 bits per heavy atom. The van der Waals surface area contributed by atoms with Crippen molar-refractivity contribution < 1.29 is 4.74 Å². The SMILES string of the molecule is CC1CCCC(Oc2ccc(N3CCNCC3)cc2)C1. The van der Waals surface area contributed by atoms with E-state index >= 15 is 0 Å². The minimum absolute atomic E-state index is 0.420. The molecule has 3 rings (SSSR count). The quantitative estimate of drug-likeness (QED) is 0.917. The first-order chi connectivity index (χ1) is 9.81. The number of hydrogen-bond acceptors (Lipinski definition) is 3. The monoisotopic (exact) mass is 274 g/mol. The van der Waals surface area contributed by atoms with Gasteiger partial charge >= 0.3 is 0 Å². The van der Waals surface area contributed by atoms with Gasteiger partial charge in [0, 0.05) is 31.9 Å². The first-order valence-electron chi connectivity index (χ1n) is 8.03. The molecular weight excluding hydrogens is 248 g/mol. The van der Waals surface area contributed by atoms with Crippen molar-refractivity contribution in [3.63, 3.8) is 0 Å². The van der Waals surface area contributed by atoms with E-state index in [1.54, 1.807) is 0 Å². The third kappa shape index (κ3) is 3.45. The third-order valence-corrected chi connectivity index (χ3v) is 4.51. The highest BCUT2D eigenvalue weighted by molar-refractivity contribution is 5.49. The molecule has 0 spiro atoms. The Kier molecular flexibility index (Phi) is 4.46. The number of anilines is 1. The highest BCUT2D eigenvalue weighted by Gasteiger charge is 2.20. The average molecular weight is 274 g/mol. The molecule has 1 aliphatic heterocycles. The van der Waals surface area contributed by atoms with Crippen LogP contribution in [0.5, 0.6) is 5.75 Å². The molecule has 1 aromatic carbocycles. The Morgan fingerprint density at radius 3 is 2.55 bits per heavy atom. The summed E-state index contributed by atoms with van der Waals surface area (Å²) in [5, 5.41) is 3.39. The predicted molar refractivity (Wildman–Crippen MR) is 83.6 cm³/mol. The molecule has 1 N–H and O–H groups in total. The van der Waals surface area contributed by atoms with E-state index in [9.17, 15) is 0 Å². The van der Waals surface area contributed by atoms with E-state index in [-0.39, 0.29) is 0 Å². The third-order valence-electron chi connectivity index (χ3n) is 4.51. The standard InChI is InChI=1S/C17H26N2O/c1-14-3-2-4-17(13-14)20-16-7-5-15(6-8-16)19-11-9-18-10-12-19/h5-8,14,17-18H,2-4,9-13H2,1H3. The van der Waals surface area contributed by atoms with Crippen LogP contribution >= 0.6 is 0 Å². The number of benzene rings is 1. The maximum Gasteiger partial charge on any atom is 0.119 e. The molecule has 20 heavy (non-hydrogen) atoms. The van der Waals surface area contributed by atoms with Crippen LogP contribution in [0, 0.1) is 5.92 Å². The van der Waals surface area contributed by atoms with Crippen molar-refractivity contribution in [3.05, 3.63) is 24.3 Å². The van der Waals surface area contributed by atoms with Gasteiger partial charge in [0.25, 0.3) is 0 Å². The number of ether oxygens (including phenoxy) is 1. The molecule has 0 bridgehead atoms. The van der Waals surface area contributed by atoms with Gasteiger partial charge in [0.2, 0.25) is 0 Å². The topological polar surface area (TPSA) is 24.5 Å². The van der Waals surface area contributed by atoms with Gasteiger partial charge in [0.05, 0.1) is 6.10 Å². The molecule has 3 heteroatoms. The van der Waals surface area contributed by atoms with E-state index in [1.165, 1.54) is 31.4 Å². The van der Waals surface area contributed by atoms with Gasteiger partial charge in [-0.1, -0.05) is 13.3 Å². The van der Waals surface area contributed by atoms with Crippen molar-refractivity contribution >= 4 is 5.69 Å². The van der Waals surface area contributed by atoms with Crippen molar-refractivity contribution in [3.8, 4) is 5.75 Å². The van der Waals surface area contributed by atoms with Crippen LogP contribution < -0.4 is 15.0 Å². The summed E-state index contributed by atoms with van der Waals surface area (Å²) in [5.41, 5.74) is 1.32. The van der Waals surface area contributed by atoms with Gasteiger partial charge in [-0.05, 0) is 49.4 Å². The lowest BCUT2D eigenvalue weighted by molar-refractivity contribution is 0.129. The summed E-state index contributed by atoms with van der Waals surface area (Å²) in [6.45, 7) is 6.69. The zero-order valence-corrected chi connectivity index (χ0v) is 12.5. The summed E-state index contributed by atoms with van der Waals surface area (Å²) >= 11 is 0. The summed E-state index contributed by atoms with van der Waals surface area (Å²) in [6, 6.07) is 8.67. The smallest absolute Gasteiger partial charge is 0.119 e. The van der Waals surface area contributed by atoms with Gasteiger partial charge in [0.15, 0.2) is 0 Å². The number of nitrogens with one attached hydrogen (secondary N) is 1. The number of hydrogen-bond donors (Lipinski definition) is 1. The molecule has 1 aliphatic carbocycles. The van der Waals surface area contributed by atoms with Crippen LogP contribution in [0.3, 0.4) is 0 Å². The number of piperazine rings is 1. The van der Waals surface area contributed by atoms with Crippen LogP contribution in [0.25, 0.3) is 0 Å². The first-order valence-corrected chi connectivity index (χ1v) is 8.03. The Hall–Kier alpha value is -1.22. The zero-order valence-electron chi connectivity index (χ0n) is 12.5. The minimum Gasteiger partial charge on any atom is -0.490 e. The lowest BCUT2D eigenvalue weighted by Crippen LogP contribution is -2.43. The molecule has 0 radical (unpaired) electrons. The number of rotatable bonds is 3. The van der Waals surface area contributed by atoms with Crippen LogP contribution in [0.1, 0.15) is 32.6 Å². The minimum atomic E-state index is 0.420. The van der Waals surface area contributed by atoms with Gasteiger partial charge in [0.1, 0.15) is 5.75 Å². The molecule has 2 aliphatic rings. The summed E-state index contributed by atoms with van der Waals surface area (Å²) in [5.74, 6) is 1.84. The second kappa shape index (κ2) is 6.49. The van der Waals surface area contributed by atoms with Gasteiger partial charge in [-0.3, -0.25) is 0 Å². The summed E-state index contributed by atoms with van der Waals surface area (Å²) in [7, 11) is 0. The van der Waals surface area contributed by atoms with Crippen molar-refractivity contribution in [2.45, 2.75) is 38.7 Å². The molecule has 1 saturated heterocycles. The average Bonchev–Trinajstić information content (AvgIpc) is 2.49. The fourth-order valence-corrected chi connectivity index (χ4v) is 3.34. The summed E-state index contributed by atoms with van der Waals surface area (Å²) in [4.78, 5) is 2.43. The summed E-state index contributed by atoms with van der Waals surface area (Å²) < 4.78 is 6.14. The fourth-order valence-electron chi connectivity index (χ4n) is 3.34. The van der Waals surface area contributed by atoms with Crippen LogP contribution in [0.4, 0.5) is 5.69 Å². The Balaban J connectivity index is 1.58. The van der Waals surface area contributed by atoms with E-state index in [1.807, 2.05) is 0 Å². The molecular formula is C17H26N2O. The van der Waals surface area contributed by atoms with Gasteiger partial charge in [-0.25, -0.2) is 0 Å². The maximum absolute atomic E-state index is 6.14. The Morgan fingerprint density at radius 2 is 1.85 bits per heavy atom. The zero-order chi connectivity index (χ0) is 13.8. The molecule has 1 heterocycles. The van der Waals surface area contributed by atoms with E-state index in [4.69, 9.17) is 4.74 Å².